The van der Waals surface area contributed by atoms with Gasteiger partial charge in [0.05, 0.1) is 0 Å². The van der Waals surface area contributed by atoms with Gasteiger partial charge in [0, 0.05) is 6.61 Å². The summed E-state index contributed by atoms with van der Waals surface area (Å²) in [5, 5.41) is 0. The van der Waals surface area contributed by atoms with E-state index in [0.717, 1.165) is 18.4 Å². The Hall–Kier alpha value is 0.177. The van der Waals surface area contributed by atoms with Crippen molar-refractivity contribution in [2.24, 2.45) is 17.8 Å². The van der Waals surface area contributed by atoms with Crippen LogP contribution in [0.2, 0.25) is 19.6 Å². The molecule has 2 atom stereocenters. The third-order valence-electron chi connectivity index (χ3n) is 2.73. The molecule has 0 amide bonds. The Kier molecular flexibility index (Phi) is 5.23. The first-order valence-electron chi connectivity index (χ1n) is 5.38. The van der Waals surface area contributed by atoms with Crippen molar-refractivity contribution in [3.8, 4) is 0 Å². The third-order valence-corrected chi connectivity index (χ3v) is 3.76. The lowest BCUT2D eigenvalue weighted by Crippen LogP contribution is -2.30. The van der Waals surface area contributed by atoms with Gasteiger partial charge in [-0.15, -0.1) is 0 Å². The van der Waals surface area contributed by atoms with Gasteiger partial charge in [-0.3, -0.25) is 0 Å². The minimum atomic E-state index is -1.30. The molecule has 2 unspecified atom stereocenters. The Morgan fingerprint density at radius 1 is 1.00 bits per heavy atom. The summed E-state index contributed by atoms with van der Waals surface area (Å²) in [6, 6.07) is 0. The Balaban J connectivity index is 3.81. The zero-order chi connectivity index (χ0) is 10.6. The zero-order valence-electron chi connectivity index (χ0n) is 10.3. The van der Waals surface area contributed by atoms with Crippen LogP contribution in [0.1, 0.15) is 27.7 Å². The molecule has 0 radical (unpaired) electrons. The Morgan fingerprint density at radius 2 is 1.46 bits per heavy atom. The Labute approximate surface area is 85.0 Å². The molecule has 0 fully saturated rings. The number of rotatable bonds is 5. The first-order valence-corrected chi connectivity index (χ1v) is 8.79. The van der Waals surface area contributed by atoms with Gasteiger partial charge in [0.25, 0.3) is 0 Å². The molecule has 2 heteroatoms. The first kappa shape index (κ1) is 13.2. The second-order valence-corrected chi connectivity index (χ2v) is 10.0. The summed E-state index contributed by atoms with van der Waals surface area (Å²) in [5.41, 5.74) is 0. The van der Waals surface area contributed by atoms with Crippen molar-refractivity contribution in [3.63, 3.8) is 0 Å². The standard InChI is InChI=1S/C11H26OSi/c1-9(2)11(4)10(3)8-12-13(5,6)7/h9-11H,8H2,1-7H3. The molecule has 0 rings (SSSR count). The maximum absolute atomic E-state index is 5.90. The van der Waals surface area contributed by atoms with Gasteiger partial charge >= 0.3 is 0 Å². The molecular weight excluding hydrogens is 176 g/mol. The highest BCUT2D eigenvalue weighted by Crippen LogP contribution is 2.21. The molecular formula is C11H26OSi. The minimum Gasteiger partial charge on any atom is -0.417 e. The maximum Gasteiger partial charge on any atom is 0.183 e. The fraction of sp³-hybridized carbons (Fsp3) is 1.00. The average molecular weight is 202 g/mol. The van der Waals surface area contributed by atoms with Gasteiger partial charge in [-0.25, -0.2) is 0 Å². The van der Waals surface area contributed by atoms with E-state index >= 15 is 0 Å². The SMILES string of the molecule is CC(C)C(C)C(C)CO[Si](C)(C)C. The van der Waals surface area contributed by atoms with Crippen LogP contribution in [0, 0.1) is 17.8 Å². The second-order valence-electron chi connectivity index (χ2n) is 5.50. The summed E-state index contributed by atoms with van der Waals surface area (Å²) in [4.78, 5) is 0. The lowest BCUT2D eigenvalue weighted by atomic mass is 9.87. The number of hydrogen-bond donors (Lipinski definition) is 0. The smallest absolute Gasteiger partial charge is 0.183 e. The highest BCUT2D eigenvalue weighted by atomic mass is 28.4. The average Bonchev–Trinajstić information content (AvgIpc) is 1.97. The number of hydrogen-bond acceptors (Lipinski definition) is 1. The molecule has 0 aromatic heterocycles. The predicted octanol–water partition coefficient (Wildman–Crippen LogP) is 3.77. The maximum atomic E-state index is 5.90. The highest BCUT2D eigenvalue weighted by Gasteiger charge is 2.20. The van der Waals surface area contributed by atoms with Crippen LogP contribution < -0.4 is 0 Å². The van der Waals surface area contributed by atoms with Gasteiger partial charge in [0.1, 0.15) is 0 Å². The largest absolute Gasteiger partial charge is 0.417 e. The quantitative estimate of drug-likeness (QED) is 0.617. The van der Waals surface area contributed by atoms with Gasteiger partial charge in [-0.1, -0.05) is 27.7 Å². The lowest BCUT2D eigenvalue weighted by Gasteiger charge is -2.27. The van der Waals surface area contributed by atoms with Crippen LogP contribution in [0.5, 0.6) is 0 Å². The molecule has 0 aliphatic heterocycles. The fourth-order valence-electron chi connectivity index (χ4n) is 1.19. The molecule has 13 heavy (non-hydrogen) atoms. The molecule has 80 valence electrons. The van der Waals surface area contributed by atoms with E-state index in [4.69, 9.17) is 4.43 Å². The summed E-state index contributed by atoms with van der Waals surface area (Å²) in [6.45, 7) is 16.9. The lowest BCUT2D eigenvalue weighted by molar-refractivity contribution is 0.182. The van der Waals surface area contributed by atoms with E-state index in [1.54, 1.807) is 0 Å². The van der Waals surface area contributed by atoms with Crippen LogP contribution >= 0.6 is 0 Å². The molecule has 0 N–H and O–H groups in total. The van der Waals surface area contributed by atoms with Gasteiger partial charge < -0.3 is 4.43 Å². The molecule has 0 aromatic carbocycles. The van der Waals surface area contributed by atoms with Gasteiger partial charge in [0.15, 0.2) is 8.32 Å². The monoisotopic (exact) mass is 202 g/mol. The zero-order valence-corrected chi connectivity index (χ0v) is 11.3. The van der Waals surface area contributed by atoms with E-state index in [0.29, 0.717) is 5.92 Å². The molecule has 0 aliphatic rings. The summed E-state index contributed by atoms with van der Waals surface area (Å²) in [6.07, 6.45) is 0. The molecule has 0 bridgehead atoms. The Morgan fingerprint density at radius 3 is 1.77 bits per heavy atom. The minimum absolute atomic E-state index is 0.687. The normalized spacial score (nSPS) is 17.5. The predicted molar refractivity (Wildman–Crippen MR) is 62.5 cm³/mol. The van der Waals surface area contributed by atoms with Crippen LogP contribution in [-0.2, 0) is 4.43 Å². The summed E-state index contributed by atoms with van der Waals surface area (Å²) < 4.78 is 5.90. The van der Waals surface area contributed by atoms with Crippen molar-refractivity contribution in [2.75, 3.05) is 6.61 Å². The van der Waals surface area contributed by atoms with Gasteiger partial charge in [-0.2, -0.15) is 0 Å². The van der Waals surface area contributed by atoms with Crippen molar-refractivity contribution < 1.29 is 4.43 Å². The van der Waals surface area contributed by atoms with E-state index in [-0.39, 0.29) is 0 Å². The van der Waals surface area contributed by atoms with Crippen LogP contribution in [0.3, 0.4) is 0 Å². The summed E-state index contributed by atoms with van der Waals surface area (Å²) in [5.74, 6) is 2.21. The van der Waals surface area contributed by atoms with Crippen LogP contribution in [0.4, 0.5) is 0 Å². The molecule has 0 aliphatic carbocycles. The van der Waals surface area contributed by atoms with Crippen molar-refractivity contribution in [3.05, 3.63) is 0 Å². The highest BCUT2D eigenvalue weighted by molar-refractivity contribution is 6.69. The van der Waals surface area contributed by atoms with Crippen molar-refractivity contribution in [1.29, 1.82) is 0 Å². The molecule has 0 aromatic rings. The Bertz CT molecular complexity index is 138. The van der Waals surface area contributed by atoms with E-state index in [1.807, 2.05) is 0 Å². The first-order chi connectivity index (χ1) is 5.74. The topological polar surface area (TPSA) is 9.23 Å². The van der Waals surface area contributed by atoms with Crippen molar-refractivity contribution in [1.82, 2.24) is 0 Å². The van der Waals surface area contributed by atoms with Gasteiger partial charge in [-0.05, 0) is 37.4 Å². The molecule has 1 nitrogen and oxygen atoms in total. The van der Waals surface area contributed by atoms with Crippen LogP contribution in [-0.4, -0.2) is 14.9 Å². The van der Waals surface area contributed by atoms with E-state index in [1.165, 1.54) is 0 Å². The molecule has 0 spiro atoms. The van der Waals surface area contributed by atoms with Crippen molar-refractivity contribution in [2.45, 2.75) is 47.3 Å². The summed E-state index contributed by atoms with van der Waals surface area (Å²) in [7, 11) is -1.30. The molecule has 0 saturated carbocycles. The van der Waals surface area contributed by atoms with Crippen LogP contribution in [0.15, 0.2) is 0 Å². The summed E-state index contributed by atoms with van der Waals surface area (Å²) >= 11 is 0. The fourth-order valence-corrected chi connectivity index (χ4v) is 1.95. The van der Waals surface area contributed by atoms with E-state index < -0.39 is 8.32 Å². The molecule has 0 saturated heterocycles. The van der Waals surface area contributed by atoms with Crippen molar-refractivity contribution >= 4 is 8.32 Å². The molecule has 0 heterocycles. The van der Waals surface area contributed by atoms with E-state index in [2.05, 4.69) is 47.3 Å². The second kappa shape index (κ2) is 5.16. The third kappa shape index (κ3) is 6.27. The van der Waals surface area contributed by atoms with Gasteiger partial charge in [0.2, 0.25) is 0 Å². The van der Waals surface area contributed by atoms with E-state index in [9.17, 15) is 0 Å². The van der Waals surface area contributed by atoms with Crippen LogP contribution in [0.25, 0.3) is 0 Å².